The lowest BCUT2D eigenvalue weighted by atomic mass is 10.1. The molecule has 0 saturated heterocycles. The minimum Gasteiger partial charge on any atom is -0.505 e. The van der Waals surface area contributed by atoms with Crippen LogP contribution in [0.4, 0.5) is 8.78 Å². The zero-order valence-electron chi connectivity index (χ0n) is 16.9. The van der Waals surface area contributed by atoms with Crippen LogP contribution in [0.15, 0.2) is 96.6 Å². The second-order valence-electron chi connectivity index (χ2n) is 7.34. The first-order valence-corrected chi connectivity index (χ1v) is 10.7. The van der Waals surface area contributed by atoms with E-state index in [0.29, 0.717) is 28.2 Å². The van der Waals surface area contributed by atoms with Crippen molar-refractivity contribution in [3.05, 3.63) is 111 Å². The van der Waals surface area contributed by atoms with Gasteiger partial charge in [0, 0.05) is 10.3 Å². The zero-order valence-corrected chi connectivity index (χ0v) is 17.7. The highest BCUT2D eigenvalue weighted by molar-refractivity contribution is 7.99. The van der Waals surface area contributed by atoms with Crippen molar-refractivity contribution in [1.29, 1.82) is 0 Å². The van der Waals surface area contributed by atoms with Gasteiger partial charge in [0.25, 0.3) is 5.56 Å². The Hall–Kier alpha value is -3.91. The summed E-state index contributed by atoms with van der Waals surface area (Å²) in [6, 6.07) is 18.4. The summed E-state index contributed by atoms with van der Waals surface area (Å²) < 4.78 is 34.7. The van der Waals surface area contributed by atoms with Gasteiger partial charge in [0.05, 0.1) is 12.1 Å². The summed E-state index contributed by atoms with van der Waals surface area (Å²) in [6.07, 6.45) is 0. The molecular formula is C25H15F2NO4S. The number of aromatic hydroxyl groups is 1. The average Bonchev–Trinajstić information content (AvgIpc) is 2.80. The molecule has 0 amide bonds. The fourth-order valence-electron chi connectivity index (χ4n) is 3.74. The molecule has 0 saturated carbocycles. The summed E-state index contributed by atoms with van der Waals surface area (Å²) in [7, 11) is 0. The van der Waals surface area contributed by atoms with Crippen LogP contribution in [0.5, 0.6) is 5.75 Å². The Morgan fingerprint density at radius 3 is 2.48 bits per heavy atom. The number of fused-ring (bicyclic) bond motifs is 3. The molecule has 164 valence electrons. The maximum atomic E-state index is 14.1. The van der Waals surface area contributed by atoms with Crippen molar-refractivity contribution in [3.63, 3.8) is 0 Å². The third-order valence-electron chi connectivity index (χ3n) is 5.24. The van der Waals surface area contributed by atoms with E-state index >= 15 is 0 Å². The number of hydrogen-bond acceptors (Lipinski definition) is 5. The monoisotopic (exact) mass is 463 g/mol. The van der Waals surface area contributed by atoms with E-state index in [2.05, 4.69) is 0 Å². The van der Waals surface area contributed by atoms with E-state index in [1.54, 1.807) is 42.5 Å². The van der Waals surface area contributed by atoms with Gasteiger partial charge in [-0.2, -0.15) is 0 Å². The van der Waals surface area contributed by atoms with Crippen molar-refractivity contribution in [3.8, 4) is 5.75 Å². The van der Waals surface area contributed by atoms with Crippen LogP contribution in [0.25, 0.3) is 21.9 Å². The van der Waals surface area contributed by atoms with E-state index in [4.69, 9.17) is 4.42 Å². The minimum absolute atomic E-state index is 0.0292. The van der Waals surface area contributed by atoms with Gasteiger partial charge in [-0.3, -0.25) is 4.79 Å². The molecule has 0 aliphatic heterocycles. The van der Waals surface area contributed by atoms with Gasteiger partial charge in [-0.25, -0.2) is 13.6 Å². The van der Waals surface area contributed by atoms with E-state index in [9.17, 15) is 23.5 Å². The lowest BCUT2D eigenvalue weighted by molar-refractivity contribution is 0.446. The molecule has 0 bridgehead atoms. The molecule has 0 spiro atoms. The fraction of sp³-hybridized carbons (Fsp3) is 0.0400. The SMILES string of the molecule is O=c1oc2c(c(O)c1Sc1ccccc1F)c(=O)n(Cc1cccc(F)c1)c1ccccc21. The maximum absolute atomic E-state index is 14.1. The smallest absolute Gasteiger partial charge is 0.354 e. The lowest BCUT2D eigenvalue weighted by Gasteiger charge is -2.14. The van der Waals surface area contributed by atoms with Crippen LogP contribution in [-0.4, -0.2) is 9.67 Å². The van der Waals surface area contributed by atoms with E-state index < -0.39 is 28.6 Å². The molecular weight excluding hydrogens is 448 g/mol. The number of benzene rings is 3. The molecule has 3 aromatic carbocycles. The van der Waals surface area contributed by atoms with Gasteiger partial charge in [0.1, 0.15) is 21.9 Å². The van der Waals surface area contributed by atoms with Gasteiger partial charge in [0.15, 0.2) is 11.3 Å². The Labute approximate surface area is 189 Å². The third kappa shape index (κ3) is 3.68. The third-order valence-corrected chi connectivity index (χ3v) is 6.35. The van der Waals surface area contributed by atoms with Crippen LogP contribution in [0.1, 0.15) is 5.56 Å². The highest BCUT2D eigenvalue weighted by atomic mass is 32.2. The Bertz CT molecular complexity index is 1660. The van der Waals surface area contributed by atoms with Gasteiger partial charge in [-0.05, 0) is 42.0 Å². The van der Waals surface area contributed by atoms with Crippen molar-refractivity contribution >= 4 is 33.6 Å². The van der Waals surface area contributed by atoms with Gasteiger partial charge in [0.2, 0.25) is 0 Å². The van der Waals surface area contributed by atoms with Gasteiger partial charge >= 0.3 is 5.63 Å². The molecule has 0 aliphatic rings. The van der Waals surface area contributed by atoms with Crippen molar-refractivity contribution in [1.82, 2.24) is 4.57 Å². The first-order valence-electron chi connectivity index (χ1n) is 9.92. The van der Waals surface area contributed by atoms with Crippen LogP contribution >= 0.6 is 11.8 Å². The molecule has 0 aliphatic carbocycles. The van der Waals surface area contributed by atoms with Gasteiger partial charge in [-0.1, -0.05) is 48.2 Å². The first kappa shape index (κ1) is 21.0. The number of nitrogens with zero attached hydrogens (tertiary/aromatic N) is 1. The van der Waals surface area contributed by atoms with E-state index in [0.717, 1.165) is 0 Å². The predicted molar refractivity (Wildman–Crippen MR) is 122 cm³/mol. The molecule has 0 fully saturated rings. The summed E-state index contributed by atoms with van der Waals surface area (Å²) in [5, 5.41) is 11.2. The number of rotatable bonds is 4. The average molecular weight is 463 g/mol. The quantitative estimate of drug-likeness (QED) is 0.367. The highest BCUT2D eigenvalue weighted by Crippen LogP contribution is 2.37. The largest absolute Gasteiger partial charge is 0.505 e. The summed E-state index contributed by atoms with van der Waals surface area (Å²) in [6.45, 7) is 0.0292. The first-order chi connectivity index (χ1) is 15.9. The zero-order chi connectivity index (χ0) is 23.1. The van der Waals surface area contributed by atoms with E-state index in [-0.39, 0.29) is 27.3 Å². The van der Waals surface area contributed by atoms with E-state index in [1.165, 1.54) is 34.9 Å². The Morgan fingerprint density at radius 2 is 1.70 bits per heavy atom. The fourth-order valence-corrected chi connectivity index (χ4v) is 4.60. The van der Waals surface area contributed by atoms with Gasteiger partial charge < -0.3 is 14.1 Å². The van der Waals surface area contributed by atoms with Crippen molar-refractivity contribution in [2.75, 3.05) is 0 Å². The Morgan fingerprint density at radius 1 is 0.939 bits per heavy atom. The predicted octanol–water partition coefficient (Wildman–Crippen LogP) is 5.29. The van der Waals surface area contributed by atoms with Crippen molar-refractivity contribution in [2.24, 2.45) is 0 Å². The van der Waals surface area contributed by atoms with Crippen LogP contribution in [-0.2, 0) is 6.54 Å². The number of aromatic nitrogens is 1. The molecule has 5 nitrogen and oxygen atoms in total. The molecule has 2 aromatic heterocycles. The maximum Gasteiger partial charge on any atom is 0.354 e. The standard InChI is InChI=1S/C25H15F2NO4S/c26-15-7-5-6-14(12-15)13-28-18-10-3-1-8-16(18)22-20(24(28)30)21(29)23(25(31)32-22)33-19-11-4-2-9-17(19)27/h1-12,29H,13H2. The molecule has 0 atom stereocenters. The lowest BCUT2D eigenvalue weighted by Crippen LogP contribution is -2.22. The van der Waals surface area contributed by atoms with Crippen LogP contribution in [0, 0.1) is 11.6 Å². The number of halogens is 2. The summed E-state index contributed by atoms with van der Waals surface area (Å²) >= 11 is 0.679. The Kier molecular flexibility index (Phi) is 5.22. The number of pyridine rings is 1. The number of para-hydroxylation sites is 1. The molecule has 8 heteroatoms. The summed E-state index contributed by atoms with van der Waals surface area (Å²) in [5.41, 5.74) is -0.576. The van der Waals surface area contributed by atoms with E-state index in [1.807, 2.05) is 0 Å². The molecule has 2 heterocycles. The van der Waals surface area contributed by atoms with Crippen LogP contribution in [0.3, 0.4) is 0 Å². The topological polar surface area (TPSA) is 72.4 Å². The van der Waals surface area contributed by atoms with Crippen LogP contribution < -0.4 is 11.2 Å². The second kappa shape index (κ2) is 8.22. The highest BCUT2D eigenvalue weighted by Gasteiger charge is 2.23. The molecule has 33 heavy (non-hydrogen) atoms. The summed E-state index contributed by atoms with van der Waals surface area (Å²) in [5.74, 6) is -1.61. The molecule has 0 unspecified atom stereocenters. The van der Waals surface area contributed by atoms with Gasteiger partial charge in [-0.15, -0.1) is 0 Å². The minimum atomic E-state index is -0.888. The van der Waals surface area contributed by atoms with Crippen molar-refractivity contribution in [2.45, 2.75) is 16.3 Å². The van der Waals surface area contributed by atoms with Crippen molar-refractivity contribution < 1.29 is 18.3 Å². The Balaban J connectivity index is 1.79. The molecule has 5 aromatic rings. The molecule has 1 N–H and O–H groups in total. The summed E-state index contributed by atoms with van der Waals surface area (Å²) in [4.78, 5) is 26.0. The molecule has 0 radical (unpaired) electrons. The molecule has 5 rings (SSSR count). The normalized spacial score (nSPS) is 11.3. The number of hydrogen-bond donors (Lipinski definition) is 1. The second-order valence-corrected chi connectivity index (χ2v) is 8.39. The van der Waals surface area contributed by atoms with Crippen LogP contribution in [0.2, 0.25) is 0 Å².